The Morgan fingerprint density at radius 2 is 2.00 bits per heavy atom. The van der Waals surface area contributed by atoms with Crippen LogP contribution in [0.2, 0.25) is 0 Å². The second-order valence-electron chi connectivity index (χ2n) is 6.53. The van der Waals surface area contributed by atoms with Crippen molar-refractivity contribution in [3.8, 4) is 5.75 Å². The van der Waals surface area contributed by atoms with Crippen molar-refractivity contribution >= 4 is 17.5 Å². The van der Waals surface area contributed by atoms with Gasteiger partial charge in [-0.15, -0.1) is 0 Å². The van der Waals surface area contributed by atoms with Crippen LogP contribution in [0.15, 0.2) is 42.5 Å². The fraction of sp³-hybridized carbons (Fsp3) is 0.333. The summed E-state index contributed by atoms with van der Waals surface area (Å²) < 4.78 is 10.7. The third-order valence-corrected chi connectivity index (χ3v) is 4.59. The first-order valence-corrected chi connectivity index (χ1v) is 9.03. The first-order chi connectivity index (χ1) is 13.1. The smallest absolute Gasteiger partial charge is 0.255 e. The summed E-state index contributed by atoms with van der Waals surface area (Å²) in [4.78, 5) is 25.1. The minimum absolute atomic E-state index is 0.0676. The molecule has 3 rings (SSSR count). The number of benzene rings is 2. The number of carbonyl (C=O) groups is 2. The number of hydrogen-bond acceptors (Lipinski definition) is 4. The van der Waals surface area contributed by atoms with Crippen molar-refractivity contribution in [3.05, 3.63) is 59.2 Å². The average molecular weight is 368 g/mol. The van der Waals surface area contributed by atoms with Crippen molar-refractivity contribution in [1.82, 2.24) is 5.32 Å². The minimum Gasteiger partial charge on any atom is -0.496 e. The Kier molecular flexibility index (Phi) is 6.08. The molecule has 0 unspecified atom stereocenters. The van der Waals surface area contributed by atoms with Gasteiger partial charge in [-0.2, -0.15) is 0 Å². The van der Waals surface area contributed by atoms with E-state index in [-0.39, 0.29) is 17.9 Å². The number of amides is 2. The summed E-state index contributed by atoms with van der Waals surface area (Å²) >= 11 is 0. The molecular weight excluding hydrogens is 344 g/mol. The van der Waals surface area contributed by atoms with Gasteiger partial charge in [0.05, 0.1) is 24.5 Å². The lowest BCUT2D eigenvalue weighted by atomic mass is 10.1. The fourth-order valence-corrected chi connectivity index (χ4v) is 3.11. The van der Waals surface area contributed by atoms with E-state index in [2.05, 4.69) is 10.6 Å². The van der Waals surface area contributed by atoms with Gasteiger partial charge >= 0.3 is 0 Å². The van der Waals surface area contributed by atoms with Crippen LogP contribution < -0.4 is 15.4 Å². The SMILES string of the molecule is COc1ccc(C(=O)Nc2ccccc2C(=O)NC[C@H]2CCCO2)cc1C. The highest BCUT2D eigenvalue weighted by molar-refractivity contribution is 6.09. The molecule has 1 atom stereocenters. The Morgan fingerprint density at radius 3 is 2.70 bits per heavy atom. The number of nitrogens with one attached hydrogen (secondary N) is 2. The second-order valence-corrected chi connectivity index (χ2v) is 6.53. The first kappa shape index (κ1) is 18.9. The normalized spacial score (nSPS) is 16.0. The van der Waals surface area contributed by atoms with Gasteiger partial charge in [0.1, 0.15) is 5.75 Å². The number of carbonyl (C=O) groups excluding carboxylic acids is 2. The van der Waals surface area contributed by atoms with Crippen molar-refractivity contribution in [3.63, 3.8) is 0 Å². The summed E-state index contributed by atoms with van der Waals surface area (Å²) in [6.07, 6.45) is 2.04. The molecule has 0 spiro atoms. The van der Waals surface area contributed by atoms with Crippen molar-refractivity contribution in [1.29, 1.82) is 0 Å². The predicted molar refractivity (Wildman–Crippen MR) is 103 cm³/mol. The number of aryl methyl sites for hydroxylation is 1. The van der Waals surface area contributed by atoms with Crippen LogP contribution in [0.3, 0.4) is 0 Å². The van der Waals surface area contributed by atoms with E-state index in [9.17, 15) is 9.59 Å². The summed E-state index contributed by atoms with van der Waals surface area (Å²) in [6, 6.07) is 12.2. The lowest BCUT2D eigenvalue weighted by Crippen LogP contribution is -2.32. The van der Waals surface area contributed by atoms with Gasteiger partial charge in [-0.05, 0) is 55.7 Å². The Bertz CT molecular complexity index is 829. The molecule has 6 heteroatoms. The Hall–Kier alpha value is -2.86. The maximum Gasteiger partial charge on any atom is 0.255 e. The van der Waals surface area contributed by atoms with Gasteiger partial charge in [-0.3, -0.25) is 9.59 Å². The molecule has 1 heterocycles. The summed E-state index contributed by atoms with van der Waals surface area (Å²) in [6.45, 7) is 3.09. The van der Waals surface area contributed by atoms with Crippen molar-refractivity contribution in [2.75, 3.05) is 25.6 Å². The Balaban J connectivity index is 1.70. The third-order valence-electron chi connectivity index (χ3n) is 4.59. The average Bonchev–Trinajstić information content (AvgIpc) is 3.20. The number of methoxy groups -OCH3 is 1. The molecule has 2 N–H and O–H groups in total. The maximum absolute atomic E-state index is 12.6. The standard InChI is InChI=1S/C21H24N2O4/c1-14-12-15(9-10-19(14)26-2)20(24)23-18-8-4-3-7-17(18)21(25)22-13-16-6-5-11-27-16/h3-4,7-10,12,16H,5-6,11,13H2,1-2H3,(H,22,25)(H,23,24)/t16-/m1/s1. The Labute approximate surface area is 158 Å². The van der Waals surface area contributed by atoms with Gasteiger partial charge in [0.2, 0.25) is 0 Å². The topological polar surface area (TPSA) is 76.7 Å². The van der Waals surface area contributed by atoms with Gasteiger partial charge in [-0.25, -0.2) is 0 Å². The van der Waals surface area contributed by atoms with Crippen molar-refractivity contribution in [2.24, 2.45) is 0 Å². The molecule has 27 heavy (non-hydrogen) atoms. The first-order valence-electron chi connectivity index (χ1n) is 9.03. The van der Waals surface area contributed by atoms with E-state index in [4.69, 9.17) is 9.47 Å². The van der Waals surface area contributed by atoms with Crippen LogP contribution in [0.1, 0.15) is 39.1 Å². The van der Waals surface area contributed by atoms with Crippen LogP contribution in [-0.4, -0.2) is 38.2 Å². The molecule has 1 aliphatic heterocycles. The van der Waals surface area contributed by atoms with Crippen LogP contribution >= 0.6 is 0 Å². The van der Waals surface area contributed by atoms with Crippen LogP contribution in [0.5, 0.6) is 5.75 Å². The predicted octanol–water partition coefficient (Wildman–Crippen LogP) is 3.16. The lowest BCUT2D eigenvalue weighted by molar-refractivity contribution is 0.0858. The quantitative estimate of drug-likeness (QED) is 0.821. The number of ether oxygens (including phenoxy) is 2. The summed E-state index contributed by atoms with van der Waals surface area (Å²) in [5.74, 6) is 0.216. The monoisotopic (exact) mass is 368 g/mol. The summed E-state index contributed by atoms with van der Waals surface area (Å²) in [7, 11) is 1.59. The molecule has 1 aliphatic rings. The number of hydrogen-bond donors (Lipinski definition) is 2. The largest absolute Gasteiger partial charge is 0.496 e. The van der Waals surface area contributed by atoms with E-state index in [1.54, 1.807) is 49.6 Å². The zero-order chi connectivity index (χ0) is 19.2. The van der Waals surface area contributed by atoms with E-state index in [1.807, 2.05) is 6.92 Å². The molecule has 0 radical (unpaired) electrons. The molecule has 0 aromatic heterocycles. The highest BCUT2D eigenvalue weighted by Gasteiger charge is 2.19. The zero-order valence-electron chi connectivity index (χ0n) is 15.6. The van der Waals surface area contributed by atoms with E-state index < -0.39 is 0 Å². The molecule has 2 aromatic rings. The number of para-hydroxylation sites is 1. The fourth-order valence-electron chi connectivity index (χ4n) is 3.11. The Morgan fingerprint density at radius 1 is 1.19 bits per heavy atom. The molecule has 0 bridgehead atoms. The van der Waals surface area contributed by atoms with Crippen molar-refractivity contribution < 1.29 is 19.1 Å². The van der Waals surface area contributed by atoms with Gasteiger partial charge in [0.25, 0.3) is 11.8 Å². The van der Waals surface area contributed by atoms with Crippen LogP contribution in [0.25, 0.3) is 0 Å². The molecule has 1 fully saturated rings. The van der Waals surface area contributed by atoms with Crippen LogP contribution in [-0.2, 0) is 4.74 Å². The highest BCUT2D eigenvalue weighted by Crippen LogP contribution is 2.21. The van der Waals surface area contributed by atoms with E-state index in [0.717, 1.165) is 30.8 Å². The molecule has 1 saturated heterocycles. The number of rotatable bonds is 6. The lowest BCUT2D eigenvalue weighted by Gasteiger charge is -2.14. The summed E-state index contributed by atoms with van der Waals surface area (Å²) in [5.41, 5.74) is 2.27. The van der Waals surface area contributed by atoms with Crippen LogP contribution in [0.4, 0.5) is 5.69 Å². The van der Waals surface area contributed by atoms with Gasteiger partial charge in [0.15, 0.2) is 0 Å². The molecule has 142 valence electrons. The van der Waals surface area contributed by atoms with Gasteiger partial charge in [0, 0.05) is 18.7 Å². The highest BCUT2D eigenvalue weighted by atomic mass is 16.5. The third kappa shape index (κ3) is 4.65. The molecular formula is C21H24N2O4. The number of anilines is 1. The summed E-state index contributed by atoms with van der Waals surface area (Å²) in [5, 5.41) is 5.72. The molecule has 2 amide bonds. The molecule has 6 nitrogen and oxygen atoms in total. The van der Waals surface area contributed by atoms with E-state index in [0.29, 0.717) is 23.4 Å². The molecule has 2 aromatic carbocycles. The maximum atomic E-state index is 12.6. The molecule has 0 aliphatic carbocycles. The molecule has 0 saturated carbocycles. The van der Waals surface area contributed by atoms with Gasteiger partial charge in [-0.1, -0.05) is 12.1 Å². The van der Waals surface area contributed by atoms with E-state index in [1.165, 1.54) is 0 Å². The minimum atomic E-state index is -0.278. The van der Waals surface area contributed by atoms with Crippen molar-refractivity contribution in [2.45, 2.75) is 25.9 Å². The van der Waals surface area contributed by atoms with Gasteiger partial charge < -0.3 is 20.1 Å². The van der Waals surface area contributed by atoms with E-state index >= 15 is 0 Å². The van der Waals surface area contributed by atoms with Crippen LogP contribution in [0, 0.1) is 6.92 Å². The zero-order valence-corrected chi connectivity index (χ0v) is 15.6. The second kappa shape index (κ2) is 8.68.